The van der Waals surface area contributed by atoms with Crippen LogP contribution in [0, 0.1) is 10.1 Å². The molecule has 4 fully saturated rings. The minimum absolute atomic E-state index is 0.209. The van der Waals surface area contributed by atoms with Crippen LogP contribution in [0.25, 0.3) is 0 Å². The summed E-state index contributed by atoms with van der Waals surface area (Å²) in [4.78, 5) is 12.5. The Hall–Kier alpha value is -2.06. The van der Waals surface area contributed by atoms with Crippen LogP contribution in [0.2, 0.25) is 0 Å². The van der Waals surface area contributed by atoms with Crippen LogP contribution in [-0.4, -0.2) is 84.9 Å². The lowest BCUT2D eigenvalue weighted by atomic mass is 9.81. The van der Waals surface area contributed by atoms with E-state index in [1.807, 2.05) is 0 Å². The second-order valence-electron chi connectivity index (χ2n) is 11.3. The zero-order valence-corrected chi connectivity index (χ0v) is 22.2. The summed E-state index contributed by atoms with van der Waals surface area (Å²) in [6.07, 6.45) is -3.54. The summed E-state index contributed by atoms with van der Waals surface area (Å²) in [7, 11) is 1.57. The molecular weight excluding hydrogens is 488 g/mol. The monoisotopic (exact) mass is 524 g/mol. The van der Waals surface area contributed by atoms with Gasteiger partial charge in [-0.3, -0.25) is 10.1 Å². The zero-order valence-electron chi connectivity index (χ0n) is 22.2. The average Bonchev–Trinajstić information content (AvgIpc) is 3.31. The largest absolute Gasteiger partial charge is 0.497 e. The molecule has 0 spiro atoms. The van der Waals surface area contributed by atoms with E-state index in [1.54, 1.807) is 72.9 Å². The first-order valence-corrected chi connectivity index (χ1v) is 12.4. The molecule has 0 unspecified atom stereocenters. The van der Waals surface area contributed by atoms with Gasteiger partial charge in [-0.15, -0.1) is 0 Å². The standard InChI is InChI=1S/C25H36N2O10/c1-22(2)31-12-25(13-32-22,27(28)29)20(26-14-8-10-15(30-7)11-9-14)18-16-17(35-23(3,4)34-16)19-21(33-18)37-24(5,6)36-19/h8-11,16-21,26H,12-13H2,1-7H3/t16-,17+,18+,19-,20+,21-/m1/s1. The topological polar surface area (TPSA) is 129 Å². The average molecular weight is 525 g/mol. The molecule has 0 saturated carbocycles. The predicted octanol–water partition coefficient (Wildman–Crippen LogP) is 2.67. The Morgan fingerprint density at radius 1 is 0.892 bits per heavy atom. The van der Waals surface area contributed by atoms with E-state index >= 15 is 0 Å². The van der Waals surface area contributed by atoms with Crippen LogP contribution in [0.15, 0.2) is 24.3 Å². The number of hydrogen-bond acceptors (Lipinski definition) is 11. The number of nitrogens with zero attached hydrogens (tertiary/aromatic N) is 1. The van der Waals surface area contributed by atoms with Crippen LogP contribution in [-0.2, 0) is 33.2 Å². The molecule has 206 valence electrons. The first-order valence-electron chi connectivity index (χ1n) is 12.4. The third-order valence-corrected chi connectivity index (χ3v) is 7.21. The van der Waals surface area contributed by atoms with Crippen molar-refractivity contribution in [3.05, 3.63) is 34.4 Å². The summed E-state index contributed by atoms with van der Waals surface area (Å²) < 4.78 is 48.1. The van der Waals surface area contributed by atoms with Gasteiger partial charge in [0.25, 0.3) is 5.54 Å². The van der Waals surface area contributed by atoms with E-state index in [1.165, 1.54) is 0 Å². The van der Waals surface area contributed by atoms with E-state index in [4.69, 9.17) is 37.9 Å². The predicted molar refractivity (Wildman–Crippen MR) is 129 cm³/mol. The van der Waals surface area contributed by atoms with Crippen LogP contribution in [0.4, 0.5) is 5.69 Å². The highest BCUT2D eigenvalue weighted by atomic mass is 16.9. The molecule has 0 radical (unpaired) electrons. The molecule has 1 N–H and O–H groups in total. The first-order chi connectivity index (χ1) is 17.2. The zero-order chi connectivity index (χ0) is 26.8. The van der Waals surface area contributed by atoms with Gasteiger partial charge in [0.2, 0.25) is 0 Å². The third-order valence-electron chi connectivity index (χ3n) is 7.21. The lowest BCUT2D eigenvalue weighted by molar-refractivity contribution is -0.601. The molecule has 0 aliphatic carbocycles. The summed E-state index contributed by atoms with van der Waals surface area (Å²) in [5.41, 5.74) is -1.09. The first kappa shape index (κ1) is 26.5. The Labute approximate surface area is 215 Å². The number of ether oxygens (including phenoxy) is 8. The van der Waals surface area contributed by atoms with Gasteiger partial charge in [0.05, 0.1) is 7.11 Å². The van der Waals surface area contributed by atoms with Crippen LogP contribution in [0.1, 0.15) is 41.5 Å². The number of fused-ring (bicyclic) bond motifs is 3. The summed E-state index contributed by atoms with van der Waals surface area (Å²) in [6, 6.07) is 6.14. The van der Waals surface area contributed by atoms with Crippen molar-refractivity contribution < 1.29 is 42.8 Å². The maximum Gasteiger partial charge on any atom is 0.290 e. The Morgan fingerprint density at radius 3 is 2.05 bits per heavy atom. The van der Waals surface area contributed by atoms with E-state index in [9.17, 15) is 10.1 Å². The molecule has 0 aromatic heterocycles. The highest BCUT2D eigenvalue weighted by molar-refractivity contribution is 5.48. The summed E-state index contributed by atoms with van der Waals surface area (Å²) in [6.45, 7) is 10.2. The SMILES string of the molecule is COc1ccc(N[C@@H]([C@H]2O[C@@H]3OC(C)(C)O[C@@H]3[C@H]3OC(C)(C)O[C@H]32)C2([N+](=O)[O-])COC(C)(C)OC2)cc1. The molecule has 37 heavy (non-hydrogen) atoms. The van der Waals surface area contributed by atoms with E-state index < -0.39 is 59.6 Å². The minimum Gasteiger partial charge on any atom is -0.497 e. The summed E-state index contributed by atoms with van der Waals surface area (Å²) >= 11 is 0. The fraction of sp³-hybridized carbons (Fsp3) is 0.760. The number of nitro groups is 1. The normalized spacial score (nSPS) is 35.7. The van der Waals surface area contributed by atoms with Crippen molar-refractivity contribution in [3.63, 3.8) is 0 Å². The van der Waals surface area contributed by atoms with Gasteiger partial charge in [-0.25, -0.2) is 0 Å². The lowest BCUT2D eigenvalue weighted by Crippen LogP contribution is -2.71. The molecule has 6 atom stereocenters. The molecule has 1 aromatic rings. The number of anilines is 1. The maximum absolute atomic E-state index is 12.8. The fourth-order valence-electron chi connectivity index (χ4n) is 5.38. The Balaban J connectivity index is 1.56. The Bertz CT molecular complexity index is 1000. The maximum atomic E-state index is 12.8. The van der Waals surface area contributed by atoms with Crippen molar-refractivity contribution in [1.29, 1.82) is 0 Å². The van der Waals surface area contributed by atoms with Crippen molar-refractivity contribution in [2.75, 3.05) is 25.6 Å². The number of rotatable bonds is 6. The van der Waals surface area contributed by atoms with E-state index in [-0.39, 0.29) is 18.1 Å². The highest BCUT2D eigenvalue weighted by Gasteiger charge is 2.67. The quantitative estimate of drug-likeness (QED) is 0.435. The number of hydrogen-bond donors (Lipinski definition) is 1. The van der Waals surface area contributed by atoms with Gasteiger partial charge in [-0.05, 0) is 65.8 Å². The van der Waals surface area contributed by atoms with Gasteiger partial charge in [0.1, 0.15) is 49.4 Å². The molecular formula is C25H36N2O10. The number of nitrogens with one attached hydrogen (secondary N) is 1. The van der Waals surface area contributed by atoms with Crippen molar-refractivity contribution in [2.24, 2.45) is 0 Å². The molecule has 12 heteroatoms. The minimum atomic E-state index is -1.72. The number of methoxy groups -OCH3 is 1. The van der Waals surface area contributed by atoms with Crippen molar-refractivity contribution in [3.8, 4) is 5.75 Å². The molecule has 0 bridgehead atoms. The molecule has 4 aliphatic heterocycles. The van der Waals surface area contributed by atoms with Crippen molar-refractivity contribution in [2.45, 2.75) is 101 Å². The van der Waals surface area contributed by atoms with Crippen molar-refractivity contribution >= 4 is 5.69 Å². The second-order valence-corrected chi connectivity index (χ2v) is 11.3. The van der Waals surface area contributed by atoms with Crippen LogP contribution in [0.5, 0.6) is 5.75 Å². The van der Waals surface area contributed by atoms with Crippen LogP contribution in [0.3, 0.4) is 0 Å². The molecule has 4 saturated heterocycles. The molecule has 4 aliphatic rings. The van der Waals surface area contributed by atoms with E-state index in [0.717, 1.165) is 0 Å². The van der Waals surface area contributed by atoms with E-state index in [2.05, 4.69) is 5.32 Å². The third kappa shape index (κ3) is 4.91. The van der Waals surface area contributed by atoms with Gasteiger partial charge in [-0.2, -0.15) is 0 Å². The summed E-state index contributed by atoms with van der Waals surface area (Å²) in [5, 5.41) is 16.2. The second kappa shape index (κ2) is 9.01. The number of benzene rings is 1. The highest BCUT2D eigenvalue weighted by Crippen LogP contribution is 2.47. The lowest BCUT2D eigenvalue weighted by Gasteiger charge is -2.47. The van der Waals surface area contributed by atoms with Crippen LogP contribution < -0.4 is 10.1 Å². The molecule has 0 amide bonds. The molecule has 4 heterocycles. The molecule has 5 rings (SSSR count). The molecule has 1 aromatic carbocycles. The molecule has 12 nitrogen and oxygen atoms in total. The summed E-state index contributed by atoms with van der Waals surface area (Å²) in [5.74, 6) is -2.20. The van der Waals surface area contributed by atoms with Gasteiger partial charge >= 0.3 is 0 Å². The Morgan fingerprint density at radius 2 is 1.46 bits per heavy atom. The fourth-order valence-corrected chi connectivity index (χ4v) is 5.38. The van der Waals surface area contributed by atoms with E-state index in [0.29, 0.717) is 11.4 Å². The smallest absolute Gasteiger partial charge is 0.290 e. The Kier molecular flexibility index (Phi) is 6.46. The van der Waals surface area contributed by atoms with Gasteiger partial charge in [0.15, 0.2) is 23.7 Å². The van der Waals surface area contributed by atoms with Gasteiger partial charge < -0.3 is 43.2 Å². The van der Waals surface area contributed by atoms with Crippen LogP contribution >= 0.6 is 0 Å². The van der Waals surface area contributed by atoms with Gasteiger partial charge in [0, 0.05) is 10.6 Å². The van der Waals surface area contributed by atoms with Crippen molar-refractivity contribution in [1.82, 2.24) is 0 Å². The van der Waals surface area contributed by atoms with Gasteiger partial charge in [-0.1, -0.05) is 0 Å².